The topological polar surface area (TPSA) is 74.2 Å². The Balaban J connectivity index is 1.54. The van der Waals surface area contributed by atoms with E-state index in [-0.39, 0.29) is 24.1 Å². The number of aromatic nitrogens is 3. The number of pyridine rings is 1. The molecule has 144 valence electrons. The summed E-state index contributed by atoms with van der Waals surface area (Å²) in [7, 11) is 0. The highest BCUT2D eigenvalue weighted by Crippen LogP contribution is 2.27. The SMILES string of the molecule is Cc1cc(C(F)(F)F)nc(CNC(=O)N2CCN(c3ccncc3)CC2)n1. The molecule has 0 bridgehead atoms. The number of hydrogen-bond acceptors (Lipinski definition) is 5. The van der Waals surface area contributed by atoms with E-state index < -0.39 is 11.9 Å². The van der Waals surface area contributed by atoms with Gasteiger partial charge in [-0.15, -0.1) is 0 Å². The van der Waals surface area contributed by atoms with Crippen LogP contribution in [0.5, 0.6) is 0 Å². The maximum atomic E-state index is 12.8. The quantitative estimate of drug-likeness (QED) is 0.884. The summed E-state index contributed by atoms with van der Waals surface area (Å²) in [5.74, 6) is -0.0638. The van der Waals surface area contributed by atoms with Gasteiger partial charge in [0.25, 0.3) is 0 Å². The van der Waals surface area contributed by atoms with E-state index in [1.54, 1.807) is 17.3 Å². The Morgan fingerprint density at radius 2 is 1.81 bits per heavy atom. The van der Waals surface area contributed by atoms with Crippen LogP contribution in [0.2, 0.25) is 0 Å². The van der Waals surface area contributed by atoms with Gasteiger partial charge in [-0.25, -0.2) is 14.8 Å². The molecule has 27 heavy (non-hydrogen) atoms. The number of nitrogens with one attached hydrogen (secondary N) is 1. The van der Waals surface area contributed by atoms with Gasteiger partial charge in [-0.05, 0) is 25.1 Å². The molecule has 10 heteroatoms. The molecule has 0 aliphatic carbocycles. The van der Waals surface area contributed by atoms with Crippen molar-refractivity contribution in [2.24, 2.45) is 0 Å². The Kier molecular flexibility index (Phi) is 5.43. The zero-order valence-electron chi connectivity index (χ0n) is 14.7. The van der Waals surface area contributed by atoms with Crippen LogP contribution in [0.3, 0.4) is 0 Å². The fraction of sp³-hybridized carbons (Fsp3) is 0.412. The number of alkyl halides is 3. The van der Waals surface area contributed by atoms with Gasteiger partial charge in [-0.1, -0.05) is 0 Å². The number of halogens is 3. The number of amides is 2. The van der Waals surface area contributed by atoms with Crippen molar-refractivity contribution >= 4 is 11.7 Å². The van der Waals surface area contributed by atoms with Gasteiger partial charge in [0.1, 0.15) is 11.5 Å². The molecule has 0 radical (unpaired) electrons. The van der Waals surface area contributed by atoms with Crippen LogP contribution in [0.4, 0.5) is 23.7 Å². The van der Waals surface area contributed by atoms with Gasteiger partial charge in [0.15, 0.2) is 0 Å². The van der Waals surface area contributed by atoms with Crippen molar-refractivity contribution < 1.29 is 18.0 Å². The number of carbonyl (C=O) groups is 1. The van der Waals surface area contributed by atoms with Crippen molar-refractivity contribution in [3.8, 4) is 0 Å². The Morgan fingerprint density at radius 3 is 2.44 bits per heavy atom. The number of aryl methyl sites for hydroxylation is 1. The number of hydrogen-bond donors (Lipinski definition) is 1. The largest absolute Gasteiger partial charge is 0.433 e. The first-order valence-electron chi connectivity index (χ1n) is 8.42. The third-order valence-electron chi connectivity index (χ3n) is 4.18. The van der Waals surface area contributed by atoms with Crippen LogP contribution >= 0.6 is 0 Å². The summed E-state index contributed by atoms with van der Waals surface area (Å²) in [4.78, 5) is 27.5. The van der Waals surface area contributed by atoms with E-state index in [2.05, 4.69) is 25.2 Å². The zero-order valence-corrected chi connectivity index (χ0v) is 14.7. The fourth-order valence-electron chi connectivity index (χ4n) is 2.84. The lowest BCUT2D eigenvalue weighted by Gasteiger charge is -2.35. The predicted octanol–water partition coefficient (Wildman–Crippen LogP) is 2.23. The molecule has 1 aliphatic heterocycles. The average molecular weight is 380 g/mol. The van der Waals surface area contributed by atoms with E-state index >= 15 is 0 Å². The molecule has 0 aromatic carbocycles. The number of urea groups is 1. The summed E-state index contributed by atoms with van der Waals surface area (Å²) in [6.45, 7) is 3.65. The Bertz CT molecular complexity index is 791. The van der Waals surface area contributed by atoms with E-state index in [9.17, 15) is 18.0 Å². The lowest BCUT2D eigenvalue weighted by atomic mass is 10.3. The lowest BCUT2D eigenvalue weighted by molar-refractivity contribution is -0.141. The van der Waals surface area contributed by atoms with Crippen LogP contribution in [0, 0.1) is 6.92 Å². The number of anilines is 1. The molecule has 0 unspecified atom stereocenters. The molecule has 0 spiro atoms. The van der Waals surface area contributed by atoms with Crippen LogP contribution in [0.1, 0.15) is 17.2 Å². The summed E-state index contributed by atoms with van der Waals surface area (Å²) in [6.07, 6.45) is -1.12. The molecule has 0 atom stereocenters. The molecule has 1 N–H and O–H groups in total. The van der Waals surface area contributed by atoms with E-state index in [1.807, 2.05) is 12.1 Å². The van der Waals surface area contributed by atoms with Crippen LogP contribution < -0.4 is 10.2 Å². The van der Waals surface area contributed by atoms with Gasteiger partial charge in [0, 0.05) is 50.0 Å². The van der Waals surface area contributed by atoms with Gasteiger partial charge in [0.2, 0.25) is 0 Å². The number of carbonyl (C=O) groups excluding carboxylic acids is 1. The van der Waals surface area contributed by atoms with Gasteiger partial charge >= 0.3 is 12.2 Å². The van der Waals surface area contributed by atoms with E-state index in [4.69, 9.17) is 0 Å². The molecule has 7 nitrogen and oxygen atoms in total. The van der Waals surface area contributed by atoms with E-state index in [1.165, 1.54) is 6.92 Å². The molecular formula is C17H19F3N6O. The minimum atomic E-state index is -4.55. The van der Waals surface area contributed by atoms with Crippen LogP contribution in [-0.4, -0.2) is 52.1 Å². The number of nitrogens with zero attached hydrogens (tertiary/aromatic N) is 5. The average Bonchev–Trinajstić information content (AvgIpc) is 2.66. The van der Waals surface area contributed by atoms with E-state index in [0.717, 1.165) is 11.8 Å². The second kappa shape index (κ2) is 7.77. The number of piperazine rings is 1. The molecule has 3 heterocycles. The molecule has 3 rings (SSSR count). The zero-order chi connectivity index (χ0) is 19.4. The highest BCUT2D eigenvalue weighted by atomic mass is 19.4. The minimum Gasteiger partial charge on any atom is -0.368 e. The third kappa shape index (κ3) is 4.83. The van der Waals surface area contributed by atoms with Crippen LogP contribution in [0.15, 0.2) is 30.6 Å². The van der Waals surface area contributed by atoms with Gasteiger partial charge in [0.05, 0.1) is 6.54 Å². The normalized spacial score (nSPS) is 15.0. The molecule has 2 aromatic heterocycles. The molecule has 1 fully saturated rings. The maximum Gasteiger partial charge on any atom is 0.433 e. The van der Waals surface area contributed by atoms with Crippen LogP contribution in [0.25, 0.3) is 0 Å². The van der Waals surface area contributed by atoms with Crippen molar-refractivity contribution in [3.05, 3.63) is 47.8 Å². The van der Waals surface area contributed by atoms with Crippen molar-refractivity contribution in [1.82, 2.24) is 25.2 Å². The first kappa shape index (κ1) is 18.9. The van der Waals surface area contributed by atoms with Crippen molar-refractivity contribution in [2.45, 2.75) is 19.6 Å². The second-order valence-corrected chi connectivity index (χ2v) is 6.15. The predicted molar refractivity (Wildman–Crippen MR) is 92.0 cm³/mol. The van der Waals surface area contributed by atoms with Crippen LogP contribution in [-0.2, 0) is 12.7 Å². The van der Waals surface area contributed by atoms with Crippen molar-refractivity contribution in [3.63, 3.8) is 0 Å². The first-order valence-corrected chi connectivity index (χ1v) is 8.42. The highest BCUT2D eigenvalue weighted by Gasteiger charge is 2.33. The van der Waals surface area contributed by atoms with Gasteiger partial charge < -0.3 is 15.1 Å². The highest BCUT2D eigenvalue weighted by molar-refractivity contribution is 5.74. The Hall–Kier alpha value is -2.91. The van der Waals surface area contributed by atoms with Gasteiger partial charge in [-0.2, -0.15) is 13.2 Å². The Labute approximate surface area is 154 Å². The minimum absolute atomic E-state index is 0.0638. The van der Waals surface area contributed by atoms with E-state index in [0.29, 0.717) is 26.2 Å². The lowest BCUT2D eigenvalue weighted by Crippen LogP contribution is -2.51. The summed E-state index contributed by atoms with van der Waals surface area (Å²) in [5.41, 5.74) is 0.232. The monoisotopic (exact) mass is 380 g/mol. The summed E-state index contributed by atoms with van der Waals surface area (Å²) >= 11 is 0. The summed E-state index contributed by atoms with van der Waals surface area (Å²) in [5, 5.41) is 2.60. The molecular weight excluding hydrogens is 361 g/mol. The molecule has 1 aliphatic rings. The smallest absolute Gasteiger partial charge is 0.368 e. The molecule has 2 amide bonds. The third-order valence-corrected chi connectivity index (χ3v) is 4.18. The second-order valence-electron chi connectivity index (χ2n) is 6.15. The summed E-state index contributed by atoms with van der Waals surface area (Å²) < 4.78 is 38.5. The summed E-state index contributed by atoms with van der Waals surface area (Å²) in [6, 6.07) is 4.35. The molecule has 1 saturated heterocycles. The maximum absolute atomic E-state index is 12.8. The standard InChI is InChI=1S/C17H19F3N6O/c1-12-10-14(17(18,19)20)24-15(23-12)11-22-16(27)26-8-6-25(7-9-26)13-2-4-21-5-3-13/h2-5,10H,6-9,11H2,1H3,(H,22,27). The fourth-order valence-corrected chi connectivity index (χ4v) is 2.84. The van der Waals surface area contributed by atoms with Crippen molar-refractivity contribution in [1.29, 1.82) is 0 Å². The van der Waals surface area contributed by atoms with Crippen molar-refractivity contribution in [2.75, 3.05) is 31.1 Å². The molecule has 2 aromatic rings. The van der Waals surface area contributed by atoms with Gasteiger partial charge in [-0.3, -0.25) is 4.98 Å². The molecule has 0 saturated carbocycles. The first-order chi connectivity index (χ1) is 12.8. The number of rotatable bonds is 3. The Morgan fingerprint density at radius 1 is 1.15 bits per heavy atom.